The molecule has 2 saturated heterocycles. The Morgan fingerprint density at radius 1 is 1.06 bits per heavy atom. The van der Waals surface area contributed by atoms with E-state index < -0.39 is 0 Å². The Morgan fingerprint density at radius 3 is 2.68 bits per heavy atom. The molecule has 1 aromatic carbocycles. The molecule has 2 fully saturated rings. The van der Waals surface area contributed by atoms with E-state index in [0.29, 0.717) is 12.1 Å². The molecule has 31 heavy (non-hydrogen) atoms. The van der Waals surface area contributed by atoms with Gasteiger partial charge in [-0.3, -0.25) is 4.90 Å². The van der Waals surface area contributed by atoms with Gasteiger partial charge in [-0.1, -0.05) is 29.8 Å². The quantitative estimate of drug-likeness (QED) is 0.683. The van der Waals surface area contributed by atoms with Crippen LogP contribution in [-0.4, -0.2) is 57.7 Å². The Labute approximate surface area is 182 Å². The van der Waals surface area contributed by atoms with Crippen LogP contribution in [0.2, 0.25) is 0 Å². The maximum atomic E-state index is 8.12. The number of aromatic amines is 1. The molecule has 2 aliphatic rings. The molecule has 1 unspecified atom stereocenters. The molecule has 3 aromatic rings. The van der Waals surface area contributed by atoms with Crippen LogP contribution < -0.4 is 4.90 Å². The molecule has 5 rings (SSSR count). The molecule has 7 nitrogen and oxygen atoms in total. The average molecular weight is 420 g/mol. The zero-order valence-electron chi connectivity index (χ0n) is 18.0. The minimum absolute atomic E-state index is 0.250. The summed E-state index contributed by atoms with van der Waals surface area (Å²) >= 11 is 0. The first-order chi connectivity index (χ1) is 15.2. The number of aryl methyl sites for hydroxylation is 2. The smallest absolute Gasteiger partial charge is 0.351 e. The number of piperidine rings is 1. The largest absolute Gasteiger partial charge is 0.373 e. The van der Waals surface area contributed by atoms with Crippen LogP contribution in [0, 0.1) is 6.92 Å². The molecular weight excluding hydrogens is 390 g/mol. The Bertz CT molecular complexity index is 1030. The summed E-state index contributed by atoms with van der Waals surface area (Å²) in [6.45, 7) is 5.70. The highest BCUT2D eigenvalue weighted by Gasteiger charge is 2.40. The van der Waals surface area contributed by atoms with Gasteiger partial charge < -0.3 is 9.88 Å². The molecule has 0 radical (unpaired) electrons. The summed E-state index contributed by atoms with van der Waals surface area (Å²) in [5.41, 5.74) is 3.75. The van der Waals surface area contributed by atoms with Crippen LogP contribution in [0.4, 0.5) is 5.82 Å². The summed E-state index contributed by atoms with van der Waals surface area (Å²) < 4.78 is 0. The number of hydrogen-bond donors (Lipinski definition) is 1. The second-order valence-corrected chi connectivity index (χ2v) is 8.40. The van der Waals surface area contributed by atoms with Gasteiger partial charge in [0.2, 0.25) is 0 Å². The number of carbonyl (C=O) groups excluding carboxylic acids is 2. The van der Waals surface area contributed by atoms with Crippen molar-refractivity contribution in [2.24, 2.45) is 0 Å². The molecule has 4 heterocycles. The first-order valence-corrected chi connectivity index (χ1v) is 11.0. The number of anilines is 1. The number of hydrogen-bond acceptors (Lipinski definition) is 6. The number of likely N-dealkylation sites (tertiary alicyclic amines) is 1. The molecular formula is C24H29N5O2. The second kappa shape index (κ2) is 9.86. The molecule has 0 amide bonds. The lowest BCUT2D eigenvalue weighted by molar-refractivity contribution is -0.191. The zero-order valence-corrected chi connectivity index (χ0v) is 18.0. The van der Waals surface area contributed by atoms with Gasteiger partial charge in [0.1, 0.15) is 17.8 Å². The summed E-state index contributed by atoms with van der Waals surface area (Å²) in [5, 5.41) is 1.15. The fourth-order valence-corrected chi connectivity index (χ4v) is 5.15. The van der Waals surface area contributed by atoms with Gasteiger partial charge in [-0.2, -0.15) is 9.59 Å². The summed E-state index contributed by atoms with van der Waals surface area (Å²) in [5.74, 6) is 1.11. The van der Waals surface area contributed by atoms with Crippen LogP contribution in [0.15, 0.2) is 42.9 Å². The van der Waals surface area contributed by atoms with Crippen LogP contribution in [0.1, 0.15) is 36.8 Å². The highest BCUT2D eigenvalue weighted by molar-refractivity contribution is 5.87. The van der Waals surface area contributed by atoms with Gasteiger partial charge in [0, 0.05) is 24.8 Å². The van der Waals surface area contributed by atoms with E-state index in [1.165, 1.54) is 56.3 Å². The molecule has 7 heteroatoms. The molecule has 0 aliphatic carbocycles. The monoisotopic (exact) mass is 419 g/mol. The number of H-pyrrole nitrogens is 1. The van der Waals surface area contributed by atoms with Crippen molar-refractivity contribution in [3.05, 3.63) is 54.0 Å². The molecule has 0 bridgehead atoms. The van der Waals surface area contributed by atoms with E-state index in [-0.39, 0.29) is 6.15 Å². The van der Waals surface area contributed by atoms with Gasteiger partial charge in [-0.05, 0) is 63.7 Å². The van der Waals surface area contributed by atoms with Crippen LogP contribution in [0.25, 0.3) is 11.0 Å². The first kappa shape index (κ1) is 21.2. The summed E-state index contributed by atoms with van der Waals surface area (Å²) in [7, 11) is 0. The molecule has 162 valence electrons. The number of benzene rings is 1. The summed E-state index contributed by atoms with van der Waals surface area (Å²) in [6.07, 6.45) is 10.1. The normalized spacial score (nSPS) is 20.7. The van der Waals surface area contributed by atoms with E-state index >= 15 is 0 Å². The van der Waals surface area contributed by atoms with Gasteiger partial charge >= 0.3 is 6.15 Å². The van der Waals surface area contributed by atoms with Crippen LogP contribution in [0.5, 0.6) is 0 Å². The van der Waals surface area contributed by atoms with Crippen molar-refractivity contribution in [2.75, 3.05) is 24.5 Å². The van der Waals surface area contributed by atoms with Crippen LogP contribution in [0.3, 0.4) is 0 Å². The van der Waals surface area contributed by atoms with Crippen molar-refractivity contribution in [3.63, 3.8) is 0 Å². The van der Waals surface area contributed by atoms with Gasteiger partial charge in [0.05, 0.1) is 5.39 Å². The van der Waals surface area contributed by atoms with E-state index in [0.717, 1.165) is 23.4 Å². The average Bonchev–Trinajstić information content (AvgIpc) is 3.43. The molecule has 2 aliphatic heterocycles. The van der Waals surface area contributed by atoms with Crippen molar-refractivity contribution < 1.29 is 9.59 Å². The number of nitrogens with one attached hydrogen (secondary N) is 1. The van der Waals surface area contributed by atoms with E-state index in [2.05, 4.69) is 62.0 Å². The number of rotatable bonds is 5. The summed E-state index contributed by atoms with van der Waals surface area (Å²) in [4.78, 5) is 33.8. The van der Waals surface area contributed by atoms with Gasteiger partial charge in [-0.25, -0.2) is 9.97 Å². The second-order valence-electron chi connectivity index (χ2n) is 8.40. The standard InChI is InChI=1S/C23H29N5.CO2/c1-17-6-8-18(9-7-17)4-2-13-27-14-3-5-21-20(27)11-15-28(21)23-19-10-12-24-22(19)25-16-26-23;2-1-3/h6-10,12,16,20-21H,2-5,11,13-15H2,1H3,(H,24,25,26);/t20?,21-;/m1./s1. The third kappa shape index (κ3) is 4.68. The fourth-order valence-electron chi connectivity index (χ4n) is 5.15. The first-order valence-electron chi connectivity index (χ1n) is 11.0. The summed E-state index contributed by atoms with van der Waals surface area (Å²) in [6, 6.07) is 12.4. The van der Waals surface area contributed by atoms with Crippen molar-refractivity contribution in [2.45, 2.75) is 51.1 Å². The van der Waals surface area contributed by atoms with E-state index in [1.807, 2.05) is 6.20 Å². The third-order valence-electron chi connectivity index (χ3n) is 6.56. The highest BCUT2D eigenvalue weighted by Crippen LogP contribution is 2.36. The Balaban J connectivity index is 0.000000730. The topological polar surface area (TPSA) is 82.2 Å². The minimum atomic E-state index is 0.250. The van der Waals surface area contributed by atoms with Gasteiger partial charge in [0.25, 0.3) is 0 Å². The SMILES string of the molecule is Cc1ccc(CCCN2CCC[C@@H]3C2CCN3c2ncnc3[nH]ccc23)cc1.O=C=O. The van der Waals surface area contributed by atoms with Gasteiger partial charge in [0.15, 0.2) is 0 Å². The fraction of sp³-hybridized carbons (Fsp3) is 0.458. The highest BCUT2D eigenvalue weighted by atomic mass is 16.2. The van der Waals surface area contributed by atoms with E-state index in [1.54, 1.807) is 6.33 Å². The van der Waals surface area contributed by atoms with Crippen molar-refractivity contribution in [3.8, 4) is 0 Å². The lowest BCUT2D eigenvalue weighted by Crippen LogP contribution is -2.50. The molecule has 0 saturated carbocycles. The maximum absolute atomic E-state index is 8.12. The Morgan fingerprint density at radius 2 is 1.87 bits per heavy atom. The minimum Gasteiger partial charge on any atom is -0.351 e. The lowest BCUT2D eigenvalue weighted by atomic mass is 9.96. The van der Waals surface area contributed by atoms with Crippen molar-refractivity contribution in [1.29, 1.82) is 0 Å². The van der Waals surface area contributed by atoms with Crippen molar-refractivity contribution in [1.82, 2.24) is 19.9 Å². The molecule has 2 aromatic heterocycles. The van der Waals surface area contributed by atoms with Crippen molar-refractivity contribution >= 4 is 23.0 Å². The van der Waals surface area contributed by atoms with Gasteiger partial charge in [-0.15, -0.1) is 0 Å². The predicted octanol–water partition coefficient (Wildman–Crippen LogP) is 3.36. The molecule has 1 N–H and O–H groups in total. The number of aromatic nitrogens is 3. The predicted molar refractivity (Wildman–Crippen MR) is 119 cm³/mol. The number of fused-ring (bicyclic) bond motifs is 2. The zero-order chi connectivity index (χ0) is 21.6. The van der Waals surface area contributed by atoms with E-state index in [4.69, 9.17) is 9.59 Å². The Kier molecular flexibility index (Phi) is 6.75. The lowest BCUT2D eigenvalue weighted by Gasteiger charge is -2.40. The number of nitrogens with zero attached hydrogens (tertiary/aromatic N) is 4. The van der Waals surface area contributed by atoms with Crippen LogP contribution >= 0.6 is 0 Å². The third-order valence-corrected chi connectivity index (χ3v) is 6.56. The van der Waals surface area contributed by atoms with Crippen LogP contribution in [-0.2, 0) is 16.0 Å². The Hall–Kier alpha value is -3.02. The molecule has 0 spiro atoms. The van der Waals surface area contributed by atoms with E-state index in [9.17, 15) is 0 Å². The molecule has 2 atom stereocenters. The maximum Gasteiger partial charge on any atom is 0.373 e.